The van der Waals surface area contributed by atoms with E-state index in [1.54, 1.807) is 11.3 Å². The van der Waals surface area contributed by atoms with Crippen molar-refractivity contribution in [3.63, 3.8) is 0 Å². The predicted molar refractivity (Wildman–Crippen MR) is 95.1 cm³/mol. The molecule has 2 N–H and O–H groups in total. The summed E-state index contributed by atoms with van der Waals surface area (Å²) in [7, 11) is 0. The maximum atomic E-state index is 12.3. The molecule has 2 rings (SSSR count). The minimum Gasteiger partial charge on any atom is -0.345 e. The van der Waals surface area contributed by atoms with E-state index in [-0.39, 0.29) is 11.9 Å². The first kappa shape index (κ1) is 17.2. The summed E-state index contributed by atoms with van der Waals surface area (Å²) in [4.78, 5) is 14.9. The summed E-state index contributed by atoms with van der Waals surface area (Å²) in [5, 5.41) is 5.17. The Kier molecular flexibility index (Phi) is 6.61. The number of benzene rings is 1. The van der Waals surface area contributed by atoms with Gasteiger partial charge in [0.2, 0.25) is 0 Å². The second kappa shape index (κ2) is 8.46. The van der Waals surface area contributed by atoms with E-state index in [0.29, 0.717) is 6.54 Å². The van der Waals surface area contributed by atoms with Gasteiger partial charge in [0.25, 0.3) is 5.91 Å². The summed E-state index contributed by atoms with van der Waals surface area (Å²) in [6, 6.07) is 12.3. The van der Waals surface area contributed by atoms with E-state index in [1.165, 1.54) is 9.78 Å². The average Bonchev–Trinajstić information content (AvgIpc) is 3.00. The number of carbonyl (C=O) groups is 1. The molecule has 0 bridgehead atoms. The van der Waals surface area contributed by atoms with Crippen LogP contribution >= 0.6 is 27.3 Å². The fraction of sp³-hybridized carbons (Fsp3) is 0.353. The minimum atomic E-state index is 0.0282. The first-order valence-corrected chi connectivity index (χ1v) is 9.16. The van der Waals surface area contributed by atoms with Crippen LogP contribution in [0.5, 0.6) is 0 Å². The highest BCUT2D eigenvalue weighted by atomic mass is 79.9. The van der Waals surface area contributed by atoms with Gasteiger partial charge in [-0.05, 0) is 43.0 Å². The van der Waals surface area contributed by atoms with Crippen LogP contribution in [-0.4, -0.2) is 19.0 Å². The van der Waals surface area contributed by atoms with Crippen LogP contribution < -0.4 is 10.2 Å². The van der Waals surface area contributed by atoms with E-state index in [0.717, 1.165) is 23.1 Å². The summed E-state index contributed by atoms with van der Waals surface area (Å²) < 4.78 is 1.05. The van der Waals surface area contributed by atoms with Crippen molar-refractivity contribution < 1.29 is 9.69 Å². The third-order valence-electron chi connectivity index (χ3n) is 3.66. The lowest BCUT2D eigenvalue weighted by Gasteiger charge is -2.19. The van der Waals surface area contributed by atoms with Gasteiger partial charge in [0.1, 0.15) is 6.54 Å². The molecule has 1 aromatic heterocycles. The fourth-order valence-electron chi connectivity index (χ4n) is 2.33. The van der Waals surface area contributed by atoms with Crippen molar-refractivity contribution >= 4 is 33.2 Å². The molecular formula is C17H22BrN2OS+. The van der Waals surface area contributed by atoms with Gasteiger partial charge in [-0.2, -0.15) is 0 Å². The van der Waals surface area contributed by atoms with Gasteiger partial charge in [0.05, 0.1) is 17.5 Å². The molecule has 1 aromatic carbocycles. The molecule has 22 heavy (non-hydrogen) atoms. The van der Waals surface area contributed by atoms with Gasteiger partial charge in [-0.3, -0.25) is 4.79 Å². The summed E-state index contributed by atoms with van der Waals surface area (Å²) in [6.07, 6.45) is 0. The molecular weight excluding hydrogens is 360 g/mol. The Labute approximate surface area is 144 Å². The summed E-state index contributed by atoms with van der Waals surface area (Å²) in [5.41, 5.74) is 1.12. The van der Waals surface area contributed by atoms with Gasteiger partial charge in [0.15, 0.2) is 6.54 Å². The molecule has 118 valence electrons. The minimum absolute atomic E-state index is 0.0282. The topological polar surface area (TPSA) is 33.5 Å². The van der Waals surface area contributed by atoms with Crippen molar-refractivity contribution in [1.82, 2.24) is 5.32 Å². The Hall–Kier alpha value is -1.17. The molecule has 3 nitrogen and oxygen atoms in total. The lowest BCUT2D eigenvalue weighted by atomic mass is 10.1. The zero-order valence-electron chi connectivity index (χ0n) is 12.9. The van der Waals surface area contributed by atoms with Crippen LogP contribution in [0.2, 0.25) is 0 Å². The Morgan fingerprint density at radius 3 is 2.64 bits per heavy atom. The second-order valence-corrected chi connectivity index (χ2v) is 7.33. The van der Waals surface area contributed by atoms with Gasteiger partial charge < -0.3 is 10.2 Å². The van der Waals surface area contributed by atoms with Crippen LogP contribution in [0.25, 0.3) is 0 Å². The van der Waals surface area contributed by atoms with Crippen molar-refractivity contribution in [3.05, 3.63) is 56.7 Å². The zero-order valence-corrected chi connectivity index (χ0v) is 15.3. The summed E-state index contributed by atoms with van der Waals surface area (Å²) in [5.74, 6) is 0.101. The van der Waals surface area contributed by atoms with E-state index in [2.05, 4.69) is 45.7 Å². The van der Waals surface area contributed by atoms with Crippen LogP contribution in [0.4, 0.5) is 0 Å². The molecule has 0 aliphatic rings. The van der Waals surface area contributed by atoms with Crippen molar-refractivity contribution in [3.8, 4) is 0 Å². The summed E-state index contributed by atoms with van der Waals surface area (Å²) in [6.45, 7) is 6.50. The number of amides is 1. The van der Waals surface area contributed by atoms with Crippen molar-refractivity contribution in [2.45, 2.75) is 26.4 Å². The van der Waals surface area contributed by atoms with E-state index < -0.39 is 0 Å². The fourth-order valence-corrected chi connectivity index (χ4v) is 3.37. The molecule has 0 spiro atoms. The SMILES string of the molecule is CC[NH+](CC(=O)N[C@@H](C)c1ccc(Br)cc1)Cc1cccs1. The van der Waals surface area contributed by atoms with Crippen molar-refractivity contribution in [2.75, 3.05) is 13.1 Å². The molecule has 1 amide bonds. The Morgan fingerprint density at radius 1 is 1.32 bits per heavy atom. The van der Waals surface area contributed by atoms with Gasteiger partial charge in [0, 0.05) is 4.47 Å². The smallest absolute Gasteiger partial charge is 0.275 e. The summed E-state index contributed by atoms with van der Waals surface area (Å²) >= 11 is 5.17. The number of quaternary nitrogens is 1. The molecule has 0 saturated carbocycles. The Morgan fingerprint density at radius 2 is 2.05 bits per heavy atom. The number of nitrogens with one attached hydrogen (secondary N) is 2. The third-order valence-corrected chi connectivity index (χ3v) is 5.07. The number of hydrogen-bond acceptors (Lipinski definition) is 2. The van der Waals surface area contributed by atoms with E-state index >= 15 is 0 Å². The van der Waals surface area contributed by atoms with E-state index in [9.17, 15) is 4.79 Å². The van der Waals surface area contributed by atoms with Crippen LogP contribution in [0.1, 0.15) is 30.3 Å². The van der Waals surface area contributed by atoms with Crippen LogP contribution in [0.3, 0.4) is 0 Å². The standard InChI is InChI=1S/C17H21BrN2OS/c1-3-20(11-16-5-4-10-22-16)12-17(21)19-13(2)14-6-8-15(18)9-7-14/h4-10,13H,3,11-12H2,1-2H3,(H,19,21)/p+1/t13-/m0/s1. The van der Waals surface area contributed by atoms with Crippen molar-refractivity contribution in [2.24, 2.45) is 0 Å². The van der Waals surface area contributed by atoms with E-state index in [4.69, 9.17) is 0 Å². The monoisotopic (exact) mass is 381 g/mol. The molecule has 0 fully saturated rings. The molecule has 0 aliphatic carbocycles. The Balaban J connectivity index is 1.86. The largest absolute Gasteiger partial charge is 0.345 e. The molecule has 5 heteroatoms. The van der Waals surface area contributed by atoms with Gasteiger partial charge >= 0.3 is 0 Å². The third kappa shape index (κ3) is 5.23. The van der Waals surface area contributed by atoms with Crippen LogP contribution in [0.15, 0.2) is 46.3 Å². The highest BCUT2D eigenvalue weighted by molar-refractivity contribution is 9.10. The van der Waals surface area contributed by atoms with Gasteiger partial charge in [-0.25, -0.2) is 0 Å². The van der Waals surface area contributed by atoms with Crippen LogP contribution in [-0.2, 0) is 11.3 Å². The number of hydrogen-bond donors (Lipinski definition) is 2. The molecule has 0 saturated heterocycles. The van der Waals surface area contributed by atoms with E-state index in [1.807, 2.05) is 31.2 Å². The molecule has 1 unspecified atom stereocenters. The quantitative estimate of drug-likeness (QED) is 0.759. The maximum absolute atomic E-state index is 12.3. The van der Waals surface area contributed by atoms with Gasteiger partial charge in [-0.1, -0.05) is 34.1 Å². The number of likely N-dealkylation sites (N-methyl/N-ethyl adjacent to an activating group) is 1. The van der Waals surface area contributed by atoms with Gasteiger partial charge in [-0.15, -0.1) is 11.3 Å². The Bertz CT molecular complexity index is 583. The second-order valence-electron chi connectivity index (χ2n) is 5.38. The predicted octanol–water partition coefficient (Wildman–Crippen LogP) is 2.79. The number of carbonyl (C=O) groups excluding carboxylic acids is 1. The van der Waals surface area contributed by atoms with Crippen molar-refractivity contribution in [1.29, 1.82) is 0 Å². The molecule has 0 radical (unpaired) electrons. The van der Waals surface area contributed by atoms with Crippen LogP contribution in [0, 0.1) is 0 Å². The average molecular weight is 382 g/mol. The number of rotatable bonds is 7. The maximum Gasteiger partial charge on any atom is 0.275 e. The normalized spacial score (nSPS) is 13.6. The first-order valence-electron chi connectivity index (χ1n) is 7.49. The highest BCUT2D eigenvalue weighted by Crippen LogP contribution is 2.16. The molecule has 2 aromatic rings. The lowest BCUT2D eigenvalue weighted by molar-refractivity contribution is -0.903. The number of halogens is 1. The zero-order chi connectivity index (χ0) is 15.9. The number of thiophene rings is 1. The molecule has 0 aliphatic heterocycles. The highest BCUT2D eigenvalue weighted by Gasteiger charge is 2.16. The lowest BCUT2D eigenvalue weighted by Crippen LogP contribution is -3.11. The molecule has 1 heterocycles. The first-order chi connectivity index (χ1) is 10.6. The molecule has 2 atom stereocenters.